The molecule has 0 saturated heterocycles. The molecule has 21 heavy (non-hydrogen) atoms. The van der Waals surface area contributed by atoms with Gasteiger partial charge < -0.3 is 20.9 Å². The summed E-state index contributed by atoms with van der Waals surface area (Å²) >= 11 is 0. The quantitative estimate of drug-likeness (QED) is 0.387. The molecule has 1 aromatic heterocycles. The van der Waals surface area contributed by atoms with Crippen molar-refractivity contribution in [2.75, 3.05) is 18.2 Å². The Morgan fingerprint density at radius 3 is 2.48 bits per heavy atom. The van der Waals surface area contributed by atoms with Crippen LogP contribution in [0.15, 0.2) is 30.3 Å². The summed E-state index contributed by atoms with van der Waals surface area (Å²) < 4.78 is 5.20. The van der Waals surface area contributed by atoms with E-state index in [-0.39, 0.29) is 0 Å². The van der Waals surface area contributed by atoms with Crippen molar-refractivity contribution in [3.05, 3.63) is 30.3 Å². The lowest BCUT2D eigenvalue weighted by Crippen LogP contribution is -2.13. The molecular formula is C15H16N4O2. The van der Waals surface area contributed by atoms with Gasteiger partial charge in [-0.1, -0.05) is 0 Å². The average molecular weight is 284 g/mol. The number of nitrogens with one attached hydrogen (secondary N) is 1. The fourth-order valence-electron chi connectivity index (χ4n) is 2.23. The third kappa shape index (κ3) is 2.53. The first-order valence-corrected chi connectivity index (χ1v) is 6.56. The largest absolute Gasteiger partial charge is 0.495 e. The van der Waals surface area contributed by atoms with Crippen LogP contribution < -0.4 is 15.8 Å². The van der Waals surface area contributed by atoms with Gasteiger partial charge in [0.1, 0.15) is 12.0 Å². The first kappa shape index (κ1) is 13.4. The molecule has 6 nitrogen and oxygen atoms in total. The maximum atomic E-state index is 9.37. The van der Waals surface area contributed by atoms with Gasteiger partial charge in [0.05, 0.1) is 34.9 Å². The van der Waals surface area contributed by atoms with Crippen molar-refractivity contribution in [1.82, 2.24) is 9.97 Å². The zero-order valence-electron chi connectivity index (χ0n) is 11.8. The summed E-state index contributed by atoms with van der Waals surface area (Å²) in [6.07, 6.45) is -0.629. The number of nitrogens with two attached hydrogens (primary N) is 1. The Bertz CT molecular complexity index is 817. The number of hydrogen-bond donors (Lipinski definition) is 3. The van der Waals surface area contributed by atoms with Gasteiger partial charge in [-0.25, -0.2) is 9.97 Å². The Hall–Kier alpha value is -2.60. The van der Waals surface area contributed by atoms with Crippen molar-refractivity contribution in [3.8, 4) is 5.75 Å². The molecule has 0 amide bonds. The van der Waals surface area contributed by atoms with Gasteiger partial charge in [-0.15, -0.1) is 0 Å². The molecule has 1 atom stereocenters. The van der Waals surface area contributed by atoms with Crippen LogP contribution in [0.25, 0.3) is 22.1 Å². The molecule has 4 N–H and O–H groups in total. The van der Waals surface area contributed by atoms with Crippen LogP contribution in [-0.4, -0.2) is 28.4 Å². The molecule has 6 heteroatoms. The van der Waals surface area contributed by atoms with Gasteiger partial charge in [0.25, 0.3) is 0 Å². The van der Waals surface area contributed by atoms with Crippen LogP contribution in [0.1, 0.15) is 6.92 Å². The molecule has 108 valence electrons. The van der Waals surface area contributed by atoms with Gasteiger partial charge in [0.2, 0.25) is 0 Å². The summed E-state index contributed by atoms with van der Waals surface area (Å²) in [7, 11) is 1.57. The van der Waals surface area contributed by atoms with Crippen molar-refractivity contribution < 1.29 is 9.84 Å². The molecule has 3 rings (SSSR count). The number of nitrogens with zero attached hydrogens (tertiary/aromatic N) is 2. The first-order valence-electron chi connectivity index (χ1n) is 6.56. The molecule has 0 aliphatic heterocycles. The highest BCUT2D eigenvalue weighted by molar-refractivity contribution is 5.90. The normalized spacial score (nSPS) is 12.5. The summed E-state index contributed by atoms with van der Waals surface area (Å²) in [6.45, 7) is 1.66. The minimum Gasteiger partial charge on any atom is -0.495 e. The number of aromatic nitrogens is 2. The van der Waals surface area contributed by atoms with E-state index in [0.717, 1.165) is 22.2 Å². The second-order valence-corrected chi connectivity index (χ2v) is 4.83. The number of fused-ring (bicyclic) bond motifs is 2. The van der Waals surface area contributed by atoms with Crippen LogP contribution in [0, 0.1) is 0 Å². The Morgan fingerprint density at radius 1 is 1.10 bits per heavy atom. The maximum Gasteiger partial charge on any atom is 0.144 e. The predicted molar refractivity (Wildman–Crippen MR) is 83.3 cm³/mol. The van der Waals surface area contributed by atoms with Crippen LogP contribution in [0.3, 0.4) is 0 Å². The molecular weight excluding hydrogens is 268 g/mol. The summed E-state index contributed by atoms with van der Waals surface area (Å²) in [6, 6.07) is 9.07. The summed E-state index contributed by atoms with van der Waals surface area (Å²) in [4.78, 5) is 9.12. The number of hydrogen-bond acceptors (Lipinski definition) is 6. The topological polar surface area (TPSA) is 93.3 Å². The molecule has 3 aromatic rings. The molecule has 0 aliphatic rings. The maximum absolute atomic E-state index is 9.37. The zero-order chi connectivity index (χ0) is 15.0. The van der Waals surface area contributed by atoms with Crippen molar-refractivity contribution in [2.24, 2.45) is 0 Å². The number of anilines is 2. The van der Waals surface area contributed by atoms with E-state index in [4.69, 9.17) is 10.5 Å². The number of ether oxygens (including phenoxy) is 1. The monoisotopic (exact) mass is 284 g/mol. The van der Waals surface area contributed by atoms with E-state index in [1.165, 1.54) is 0 Å². The van der Waals surface area contributed by atoms with Crippen LogP contribution in [0.5, 0.6) is 5.75 Å². The number of methoxy groups -OCH3 is 1. The van der Waals surface area contributed by atoms with Crippen LogP contribution in [0.4, 0.5) is 11.4 Å². The summed E-state index contributed by atoms with van der Waals surface area (Å²) in [5, 5.41) is 12.3. The Morgan fingerprint density at radius 2 is 1.76 bits per heavy atom. The fourth-order valence-corrected chi connectivity index (χ4v) is 2.23. The molecule has 0 fully saturated rings. The van der Waals surface area contributed by atoms with Crippen LogP contribution in [-0.2, 0) is 0 Å². The van der Waals surface area contributed by atoms with Gasteiger partial charge in [-0.3, -0.25) is 0 Å². The Balaban J connectivity index is 2.18. The van der Waals surface area contributed by atoms with Crippen molar-refractivity contribution >= 4 is 33.4 Å². The molecule has 0 bridgehead atoms. The van der Waals surface area contributed by atoms with E-state index in [2.05, 4.69) is 15.3 Å². The predicted octanol–water partition coefficient (Wildman–Crippen LogP) is 2.12. The summed E-state index contributed by atoms with van der Waals surface area (Å²) in [5.74, 6) is 0.587. The van der Waals surface area contributed by atoms with E-state index in [0.29, 0.717) is 17.0 Å². The lowest BCUT2D eigenvalue weighted by molar-refractivity contribution is 0.224. The van der Waals surface area contributed by atoms with Crippen LogP contribution in [0.2, 0.25) is 0 Å². The lowest BCUT2D eigenvalue weighted by Gasteiger charge is -2.10. The van der Waals surface area contributed by atoms with E-state index >= 15 is 0 Å². The molecule has 0 radical (unpaired) electrons. The average Bonchev–Trinajstić information content (AvgIpc) is 2.44. The zero-order valence-corrected chi connectivity index (χ0v) is 11.8. The van der Waals surface area contributed by atoms with Crippen molar-refractivity contribution in [2.45, 2.75) is 13.2 Å². The second kappa shape index (κ2) is 5.06. The highest BCUT2D eigenvalue weighted by Crippen LogP contribution is 2.27. The molecule has 1 heterocycles. The van der Waals surface area contributed by atoms with E-state index in [1.807, 2.05) is 18.2 Å². The molecule has 2 aromatic carbocycles. The molecule has 1 unspecified atom stereocenters. The number of rotatable bonds is 3. The van der Waals surface area contributed by atoms with Gasteiger partial charge >= 0.3 is 0 Å². The lowest BCUT2D eigenvalue weighted by atomic mass is 10.2. The SMILES string of the molecule is COc1cc2nc3ccc(NC(C)O)cc3nc2cc1N. The molecule has 0 aliphatic carbocycles. The number of nitrogen functional groups attached to an aromatic ring is 1. The molecule has 0 saturated carbocycles. The third-order valence-corrected chi connectivity index (χ3v) is 3.16. The smallest absolute Gasteiger partial charge is 0.144 e. The van der Waals surface area contributed by atoms with Gasteiger partial charge in [0.15, 0.2) is 0 Å². The Labute approximate surface area is 121 Å². The first-order chi connectivity index (χ1) is 10.1. The van der Waals surface area contributed by atoms with E-state index in [1.54, 1.807) is 26.2 Å². The number of aliphatic hydroxyl groups is 1. The van der Waals surface area contributed by atoms with Crippen LogP contribution >= 0.6 is 0 Å². The Kier molecular flexibility index (Phi) is 3.23. The van der Waals surface area contributed by atoms with Gasteiger partial charge in [0, 0.05) is 11.8 Å². The summed E-state index contributed by atoms with van der Waals surface area (Å²) in [5.41, 5.74) is 10.1. The minimum absolute atomic E-state index is 0.525. The minimum atomic E-state index is -0.629. The molecule has 0 spiro atoms. The van der Waals surface area contributed by atoms with Gasteiger partial charge in [-0.2, -0.15) is 0 Å². The standard InChI is InChI=1S/C15H16N4O2/c1-8(20)17-9-3-4-11-12(5-9)19-13-6-10(16)15(21-2)7-14(13)18-11/h3-8,17,20H,16H2,1-2H3. The third-order valence-electron chi connectivity index (χ3n) is 3.16. The highest BCUT2D eigenvalue weighted by atomic mass is 16.5. The van der Waals surface area contributed by atoms with E-state index in [9.17, 15) is 5.11 Å². The van der Waals surface area contributed by atoms with E-state index < -0.39 is 6.23 Å². The fraction of sp³-hybridized carbons (Fsp3) is 0.200. The van der Waals surface area contributed by atoms with Crippen molar-refractivity contribution in [3.63, 3.8) is 0 Å². The highest BCUT2D eigenvalue weighted by Gasteiger charge is 2.07. The van der Waals surface area contributed by atoms with Crippen molar-refractivity contribution in [1.29, 1.82) is 0 Å². The van der Waals surface area contributed by atoms with Gasteiger partial charge in [-0.05, 0) is 31.2 Å². The second-order valence-electron chi connectivity index (χ2n) is 4.83. The number of aliphatic hydroxyl groups excluding tert-OH is 1. The number of benzene rings is 2.